The van der Waals surface area contributed by atoms with Crippen molar-refractivity contribution in [2.45, 2.75) is 24.5 Å². The van der Waals surface area contributed by atoms with E-state index in [0.717, 1.165) is 30.8 Å². The van der Waals surface area contributed by atoms with Crippen molar-refractivity contribution in [2.24, 2.45) is 5.92 Å². The van der Waals surface area contributed by atoms with Crippen molar-refractivity contribution in [1.29, 1.82) is 0 Å². The van der Waals surface area contributed by atoms with Crippen molar-refractivity contribution >= 4 is 29.3 Å². The number of nitrogens with zero attached hydrogens (tertiary/aromatic N) is 1. The van der Waals surface area contributed by atoms with Crippen LogP contribution in [0.2, 0.25) is 0 Å². The van der Waals surface area contributed by atoms with Crippen molar-refractivity contribution < 1.29 is 23.8 Å². The highest BCUT2D eigenvalue weighted by molar-refractivity contribution is 8.00. The summed E-state index contributed by atoms with van der Waals surface area (Å²) in [4.78, 5) is 27.7. The van der Waals surface area contributed by atoms with Crippen molar-refractivity contribution in [1.82, 2.24) is 15.5 Å². The second-order valence-electron chi connectivity index (χ2n) is 8.82. The molecule has 0 saturated carbocycles. The highest BCUT2D eigenvalue weighted by atomic mass is 32.2. The molecule has 10 heteroatoms. The van der Waals surface area contributed by atoms with E-state index < -0.39 is 0 Å². The number of hydrogen-bond donors (Lipinski definition) is 3. The van der Waals surface area contributed by atoms with E-state index in [4.69, 9.17) is 14.2 Å². The van der Waals surface area contributed by atoms with Gasteiger partial charge in [-0.05, 0) is 24.6 Å². The predicted molar refractivity (Wildman–Crippen MR) is 134 cm³/mol. The summed E-state index contributed by atoms with van der Waals surface area (Å²) in [6, 6.07) is 13.4. The highest BCUT2D eigenvalue weighted by Gasteiger charge is 2.40. The minimum absolute atomic E-state index is 0.0308. The minimum atomic E-state index is -0.296. The number of anilines is 1. The fourth-order valence-corrected chi connectivity index (χ4v) is 5.60. The summed E-state index contributed by atoms with van der Waals surface area (Å²) in [5.74, 6) is 2.16. The molecule has 5 rings (SSSR count). The number of ether oxygens (including phenoxy) is 3. The summed E-state index contributed by atoms with van der Waals surface area (Å²) in [5.41, 5.74) is 1.48. The average Bonchev–Trinajstić information content (AvgIpc) is 2.88. The van der Waals surface area contributed by atoms with Gasteiger partial charge in [0.15, 0.2) is 11.5 Å². The summed E-state index contributed by atoms with van der Waals surface area (Å²) in [7, 11) is 1.68. The number of likely N-dealkylation sites (tertiary alicyclic amines) is 1. The Labute approximate surface area is 208 Å². The summed E-state index contributed by atoms with van der Waals surface area (Å²) in [6.45, 7) is 3.34. The Morgan fingerprint density at radius 3 is 2.89 bits per heavy atom. The largest absolute Gasteiger partial charge is 0.496 e. The lowest BCUT2D eigenvalue weighted by molar-refractivity contribution is -0.130. The zero-order valence-electron chi connectivity index (χ0n) is 19.6. The average molecular weight is 499 g/mol. The minimum Gasteiger partial charge on any atom is -0.496 e. The monoisotopic (exact) mass is 498 g/mol. The molecular weight excluding hydrogens is 468 g/mol. The number of carbonyl (C=O) groups excluding carboxylic acids is 2. The number of rotatable bonds is 7. The Morgan fingerprint density at radius 2 is 2.03 bits per heavy atom. The second-order valence-corrected chi connectivity index (χ2v) is 9.91. The Kier molecular flexibility index (Phi) is 7.31. The maximum atomic E-state index is 12.9. The molecule has 0 spiro atoms. The summed E-state index contributed by atoms with van der Waals surface area (Å²) in [6.07, 6.45) is 0.869. The van der Waals surface area contributed by atoms with Gasteiger partial charge >= 0.3 is 0 Å². The molecule has 0 aromatic heterocycles. The lowest BCUT2D eigenvalue weighted by Gasteiger charge is -2.43. The van der Waals surface area contributed by atoms with Crippen molar-refractivity contribution in [3.63, 3.8) is 0 Å². The van der Waals surface area contributed by atoms with E-state index in [1.165, 1.54) is 11.8 Å². The number of carbonyl (C=O) groups is 2. The number of fused-ring (bicyclic) bond motifs is 2. The molecule has 2 amide bonds. The first-order valence-electron chi connectivity index (χ1n) is 11.8. The summed E-state index contributed by atoms with van der Waals surface area (Å²) in [5, 5.41) is 9.43. The fraction of sp³-hybridized carbons (Fsp3) is 0.440. The van der Waals surface area contributed by atoms with Crippen LogP contribution in [0.25, 0.3) is 0 Å². The van der Waals surface area contributed by atoms with E-state index in [-0.39, 0.29) is 35.0 Å². The van der Waals surface area contributed by atoms with Crippen LogP contribution in [0.1, 0.15) is 12.0 Å². The van der Waals surface area contributed by atoms with Gasteiger partial charge in [-0.25, -0.2) is 0 Å². The van der Waals surface area contributed by atoms with Gasteiger partial charge in [0.05, 0.1) is 18.8 Å². The van der Waals surface area contributed by atoms with Crippen LogP contribution in [0.3, 0.4) is 0 Å². The van der Waals surface area contributed by atoms with Crippen LogP contribution in [-0.2, 0) is 16.1 Å². The zero-order chi connectivity index (χ0) is 24.2. The molecule has 0 bridgehead atoms. The number of para-hydroxylation sites is 1. The molecule has 35 heavy (non-hydrogen) atoms. The number of nitrogens with one attached hydrogen (secondary N) is 3. The van der Waals surface area contributed by atoms with Gasteiger partial charge in [-0.15, -0.1) is 11.8 Å². The molecule has 3 atom stereocenters. The summed E-state index contributed by atoms with van der Waals surface area (Å²) < 4.78 is 16.5. The third kappa shape index (κ3) is 5.66. The quantitative estimate of drug-likeness (QED) is 0.533. The number of methoxy groups -OCH3 is 1. The Morgan fingerprint density at radius 1 is 1.20 bits per heavy atom. The maximum Gasteiger partial charge on any atom is 0.234 e. The van der Waals surface area contributed by atoms with Crippen LogP contribution in [0, 0.1) is 5.92 Å². The van der Waals surface area contributed by atoms with Gasteiger partial charge in [0.25, 0.3) is 0 Å². The van der Waals surface area contributed by atoms with Gasteiger partial charge in [0.1, 0.15) is 24.5 Å². The van der Waals surface area contributed by atoms with Crippen molar-refractivity contribution in [3.05, 3.63) is 48.0 Å². The first-order valence-corrected chi connectivity index (χ1v) is 12.9. The molecule has 0 radical (unpaired) electrons. The van der Waals surface area contributed by atoms with E-state index in [0.29, 0.717) is 36.9 Å². The molecular formula is C25H30N4O5S. The lowest BCUT2D eigenvalue weighted by atomic mass is 9.89. The predicted octanol–water partition coefficient (Wildman–Crippen LogP) is 2.03. The maximum absolute atomic E-state index is 12.9. The van der Waals surface area contributed by atoms with E-state index >= 15 is 0 Å². The van der Waals surface area contributed by atoms with Gasteiger partial charge < -0.3 is 24.8 Å². The number of benzene rings is 2. The van der Waals surface area contributed by atoms with Crippen LogP contribution < -0.4 is 30.2 Å². The highest BCUT2D eigenvalue weighted by Crippen LogP contribution is 2.33. The molecule has 0 aliphatic carbocycles. The molecule has 3 aliphatic rings. The molecule has 2 aromatic rings. The first kappa shape index (κ1) is 23.8. The van der Waals surface area contributed by atoms with E-state index in [1.54, 1.807) is 25.3 Å². The summed E-state index contributed by atoms with van der Waals surface area (Å²) >= 11 is 1.38. The smallest absolute Gasteiger partial charge is 0.234 e. The zero-order valence-corrected chi connectivity index (χ0v) is 20.4. The van der Waals surface area contributed by atoms with Crippen LogP contribution in [-0.4, -0.2) is 67.4 Å². The van der Waals surface area contributed by atoms with Crippen molar-refractivity contribution in [2.75, 3.05) is 44.5 Å². The molecule has 3 N–H and O–H groups in total. The standard InChI is InChI=1S/C25H30N4O5S/c1-32-20-5-3-2-4-16(20)13-29-9-8-19-18(14-29)24(31)28-25(27-19)35-15-23(30)26-17-6-7-21-22(12-17)34-11-10-33-21/h2-7,12,18-19,25,27H,8-11,13-15H2,1H3,(H,26,30)(H,28,31). The Hall–Kier alpha value is -2.95. The third-order valence-corrected chi connectivity index (χ3v) is 7.48. The van der Waals surface area contributed by atoms with Crippen LogP contribution in [0.5, 0.6) is 17.2 Å². The van der Waals surface area contributed by atoms with Crippen molar-refractivity contribution in [3.8, 4) is 17.2 Å². The van der Waals surface area contributed by atoms with Gasteiger partial charge in [-0.1, -0.05) is 18.2 Å². The Balaban J connectivity index is 1.10. The molecule has 3 heterocycles. The SMILES string of the molecule is COc1ccccc1CN1CCC2NC(SCC(=O)Nc3ccc4c(c3)OCCO4)NC(=O)C2C1. The van der Waals surface area contributed by atoms with Gasteiger partial charge in [-0.3, -0.25) is 19.8 Å². The van der Waals surface area contributed by atoms with E-state index in [2.05, 4.69) is 26.9 Å². The molecule has 2 aromatic carbocycles. The van der Waals surface area contributed by atoms with Crippen LogP contribution in [0.15, 0.2) is 42.5 Å². The first-order chi connectivity index (χ1) is 17.1. The van der Waals surface area contributed by atoms with E-state index in [1.807, 2.05) is 18.2 Å². The molecule has 3 aliphatic heterocycles. The second kappa shape index (κ2) is 10.8. The Bertz CT molecular complexity index is 1080. The van der Waals surface area contributed by atoms with Gasteiger partial charge in [0, 0.05) is 43.0 Å². The number of hydrogen-bond acceptors (Lipinski definition) is 8. The number of amides is 2. The fourth-order valence-electron chi connectivity index (χ4n) is 4.74. The molecule has 9 nitrogen and oxygen atoms in total. The van der Waals surface area contributed by atoms with Gasteiger partial charge in [-0.2, -0.15) is 0 Å². The van der Waals surface area contributed by atoms with Crippen LogP contribution >= 0.6 is 11.8 Å². The molecule has 3 unspecified atom stereocenters. The van der Waals surface area contributed by atoms with E-state index in [9.17, 15) is 9.59 Å². The number of piperidine rings is 1. The van der Waals surface area contributed by atoms with Crippen LogP contribution in [0.4, 0.5) is 5.69 Å². The van der Waals surface area contributed by atoms with Gasteiger partial charge in [0.2, 0.25) is 11.8 Å². The normalized spacial score (nSPS) is 23.7. The lowest BCUT2D eigenvalue weighted by Crippen LogP contribution is -2.64. The molecule has 186 valence electrons. The topological polar surface area (TPSA) is 101 Å². The molecule has 2 saturated heterocycles. The third-order valence-electron chi connectivity index (χ3n) is 6.47. The molecule has 2 fully saturated rings. The number of thioether (sulfide) groups is 1.